The summed E-state index contributed by atoms with van der Waals surface area (Å²) in [5.41, 5.74) is 1.20. The first-order valence-electron chi connectivity index (χ1n) is 18.3. The van der Waals surface area contributed by atoms with Crippen molar-refractivity contribution in [3.05, 3.63) is 36.4 Å². The number of unbranched alkanes of at least 4 members (excludes halogenated alkanes) is 1. The van der Waals surface area contributed by atoms with Gasteiger partial charge in [0.2, 0.25) is 11.8 Å². The summed E-state index contributed by atoms with van der Waals surface area (Å²) in [6, 6.07) is 7.97. The van der Waals surface area contributed by atoms with Gasteiger partial charge in [0.1, 0.15) is 13.6 Å². The number of nitrogens with one attached hydrogen (secondary N) is 2. The lowest BCUT2D eigenvalue weighted by molar-refractivity contribution is -0.137. The summed E-state index contributed by atoms with van der Waals surface area (Å²) in [7, 11) is 2.04. The topological polar surface area (TPSA) is 179 Å². The highest BCUT2D eigenvalue weighted by Crippen LogP contribution is 2.08. The van der Waals surface area contributed by atoms with E-state index >= 15 is 0 Å². The van der Waals surface area contributed by atoms with Crippen LogP contribution in [-0.4, -0.2) is 168 Å². The van der Waals surface area contributed by atoms with Gasteiger partial charge in [-0.25, -0.2) is 0 Å². The van der Waals surface area contributed by atoms with Crippen molar-refractivity contribution in [2.75, 3.05) is 132 Å². The van der Waals surface area contributed by atoms with E-state index in [0.717, 1.165) is 23.5 Å². The molecule has 0 radical (unpaired) electrons. The van der Waals surface area contributed by atoms with Crippen molar-refractivity contribution >= 4 is 36.9 Å². The summed E-state index contributed by atoms with van der Waals surface area (Å²) in [5.74, 6) is -0.212. The smallest absolute Gasteiger partial charge is 0.253 e. The number of carbonyl (C=O) groups is 4. The lowest BCUT2D eigenvalue weighted by Gasteiger charge is -2.13. The molecular weight excluding hydrogens is 693 g/mol. The molecular formula is C36H58BN3O13. The van der Waals surface area contributed by atoms with Gasteiger partial charge in [0.05, 0.1) is 112 Å². The highest BCUT2D eigenvalue weighted by atomic mass is 16.6. The van der Waals surface area contributed by atoms with Crippen LogP contribution in [0.5, 0.6) is 5.75 Å². The van der Waals surface area contributed by atoms with Crippen molar-refractivity contribution < 1.29 is 61.8 Å². The Morgan fingerprint density at radius 3 is 1.42 bits per heavy atom. The van der Waals surface area contributed by atoms with E-state index in [1.807, 2.05) is 32.1 Å². The second kappa shape index (κ2) is 32.1. The molecule has 0 spiro atoms. The third-order valence-corrected chi connectivity index (χ3v) is 7.29. The van der Waals surface area contributed by atoms with Crippen LogP contribution < -0.4 is 20.8 Å². The maximum absolute atomic E-state index is 11.9. The zero-order valence-electron chi connectivity index (χ0n) is 31.2. The van der Waals surface area contributed by atoms with Crippen molar-refractivity contribution in [2.24, 2.45) is 0 Å². The molecule has 0 saturated heterocycles. The number of imide groups is 1. The largest absolute Gasteiger partial charge is 0.494 e. The second-order valence-corrected chi connectivity index (χ2v) is 11.6. The van der Waals surface area contributed by atoms with Gasteiger partial charge in [-0.3, -0.25) is 24.1 Å². The Bertz CT molecular complexity index is 1140. The third-order valence-electron chi connectivity index (χ3n) is 7.29. The van der Waals surface area contributed by atoms with E-state index in [2.05, 4.69) is 10.6 Å². The number of nitrogens with zero attached hydrogens (tertiary/aromatic N) is 1. The Morgan fingerprint density at radius 1 is 0.509 bits per heavy atom. The van der Waals surface area contributed by atoms with Crippen molar-refractivity contribution in [2.45, 2.75) is 25.7 Å². The number of benzene rings is 1. The van der Waals surface area contributed by atoms with Gasteiger partial charge in [0.25, 0.3) is 11.8 Å². The number of hydrogen-bond acceptors (Lipinski definition) is 13. The number of carbonyl (C=O) groups excluding carboxylic acids is 4. The fourth-order valence-electron chi connectivity index (χ4n) is 4.39. The van der Waals surface area contributed by atoms with Crippen LogP contribution in [0.2, 0.25) is 0 Å². The Hall–Kier alpha value is -3.42. The summed E-state index contributed by atoms with van der Waals surface area (Å²) >= 11 is 0. The van der Waals surface area contributed by atoms with Crippen LogP contribution in [0.25, 0.3) is 0 Å². The Morgan fingerprint density at radius 2 is 0.925 bits per heavy atom. The average molecular weight is 752 g/mol. The lowest BCUT2D eigenvalue weighted by atomic mass is 9.97. The van der Waals surface area contributed by atoms with Crippen molar-refractivity contribution in [1.29, 1.82) is 0 Å². The van der Waals surface area contributed by atoms with Gasteiger partial charge in [-0.05, 0) is 25.0 Å². The van der Waals surface area contributed by atoms with Gasteiger partial charge in [0, 0.05) is 44.6 Å². The Labute approximate surface area is 313 Å². The molecule has 0 bridgehead atoms. The normalized spacial score (nSPS) is 12.5. The van der Waals surface area contributed by atoms with E-state index in [0.29, 0.717) is 132 Å². The molecule has 1 aliphatic rings. The second-order valence-electron chi connectivity index (χ2n) is 11.6. The first-order chi connectivity index (χ1) is 26.0. The predicted molar refractivity (Wildman–Crippen MR) is 197 cm³/mol. The van der Waals surface area contributed by atoms with Crippen molar-refractivity contribution in [3.63, 3.8) is 0 Å². The van der Waals surface area contributed by atoms with Crippen LogP contribution in [0, 0.1) is 0 Å². The first kappa shape index (κ1) is 45.7. The number of amides is 4. The Balaban J connectivity index is 1.17. The molecule has 298 valence electrons. The molecule has 1 heterocycles. The van der Waals surface area contributed by atoms with Gasteiger partial charge in [-0.2, -0.15) is 0 Å². The van der Waals surface area contributed by atoms with E-state index in [1.54, 1.807) is 0 Å². The molecule has 16 nitrogen and oxygen atoms in total. The highest BCUT2D eigenvalue weighted by Gasteiger charge is 2.23. The van der Waals surface area contributed by atoms with Crippen LogP contribution in [-0.2, 0) is 57.1 Å². The summed E-state index contributed by atoms with van der Waals surface area (Å²) < 4.78 is 49.3. The standard InChI is InChI=1S/C36H58BN3O13/c37-31-3-5-32(6-4-31)53-14-2-1-11-38-34(42)10-15-45-17-19-47-21-23-49-25-27-51-29-30-52-28-26-50-24-22-48-20-18-46-16-12-39-33(41)9-13-40-35(43)7-8-36(40)44/h3-8H,1-2,9-30,37H2,(H,38,42)(H,39,41). The molecule has 0 unspecified atom stereocenters. The summed E-state index contributed by atoms with van der Waals surface area (Å²) in [5, 5.41) is 5.58. The summed E-state index contributed by atoms with van der Waals surface area (Å²) in [6.07, 6.45) is 4.48. The van der Waals surface area contributed by atoms with Crippen molar-refractivity contribution in [3.8, 4) is 5.75 Å². The molecule has 0 aromatic heterocycles. The minimum Gasteiger partial charge on any atom is -0.494 e. The third kappa shape index (κ3) is 26.1. The molecule has 17 heteroatoms. The Kier molecular flexibility index (Phi) is 27.7. The van der Waals surface area contributed by atoms with E-state index in [4.69, 9.17) is 42.6 Å². The molecule has 4 amide bonds. The monoisotopic (exact) mass is 751 g/mol. The molecule has 2 N–H and O–H groups in total. The highest BCUT2D eigenvalue weighted by molar-refractivity contribution is 6.32. The van der Waals surface area contributed by atoms with Crippen LogP contribution in [0.1, 0.15) is 25.7 Å². The zero-order chi connectivity index (χ0) is 38.0. The van der Waals surface area contributed by atoms with Gasteiger partial charge in [-0.1, -0.05) is 17.6 Å². The molecule has 0 atom stereocenters. The van der Waals surface area contributed by atoms with E-state index < -0.39 is 11.8 Å². The SMILES string of the molecule is Bc1ccc(OCCCCNC(=O)CCOCCOCCOCCOCCOCCOCCOCCOCCNC(=O)CCN2C(=O)C=CC2=O)cc1. The molecule has 0 aliphatic carbocycles. The van der Waals surface area contributed by atoms with Crippen LogP contribution >= 0.6 is 0 Å². The van der Waals surface area contributed by atoms with Gasteiger partial charge in [0.15, 0.2) is 0 Å². The first-order valence-corrected chi connectivity index (χ1v) is 18.3. The quantitative estimate of drug-likeness (QED) is 0.0494. The average Bonchev–Trinajstić information content (AvgIpc) is 3.48. The van der Waals surface area contributed by atoms with Gasteiger partial charge >= 0.3 is 0 Å². The van der Waals surface area contributed by atoms with Gasteiger partial charge in [-0.15, -0.1) is 0 Å². The van der Waals surface area contributed by atoms with Crippen molar-refractivity contribution in [1.82, 2.24) is 15.5 Å². The molecule has 0 fully saturated rings. The summed E-state index contributed by atoms with van der Waals surface area (Å²) in [6.45, 7) is 8.50. The molecule has 53 heavy (non-hydrogen) atoms. The molecule has 1 aromatic carbocycles. The summed E-state index contributed by atoms with van der Waals surface area (Å²) in [4.78, 5) is 47.6. The van der Waals surface area contributed by atoms with E-state index in [-0.39, 0.29) is 24.8 Å². The fraction of sp³-hybridized carbons (Fsp3) is 0.667. The van der Waals surface area contributed by atoms with Gasteiger partial charge < -0.3 is 53.3 Å². The molecule has 1 aliphatic heterocycles. The number of hydrogen-bond donors (Lipinski definition) is 2. The molecule has 2 rings (SSSR count). The minimum atomic E-state index is -0.399. The number of rotatable bonds is 36. The van der Waals surface area contributed by atoms with Crippen LogP contribution in [0.3, 0.4) is 0 Å². The fourth-order valence-corrected chi connectivity index (χ4v) is 4.39. The number of ether oxygens (including phenoxy) is 9. The maximum Gasteiger partial charge on any atom is 0.253 e. The van der Waals surface area contributed by atoms with E-state index in [9.17, 15) is 19.2 Å². The van der Waals surface area contributed by atoms with Crippen LogP contribution in [0.4, 0.5) is 0 Å². The van der Waals surface area contributed by atoms with Crippen LogP contribution in [0.15, 0.2) is 36.4 Å². The molecule has 1 aromatic rings. The predicted octanol–water partition coefficient (Wildman–Crippen LogP) is -0.826. The lowest BCUT2D eigenvalue weighted by Crippen LogP contribution is -2.35. The minimum absolute atomic E-state index is 0.0231. The van der Waals surface area contributed by atoms with E-state index in [1.165, 1.54) is 17.6 Å². The molecule has 0 saturated carbocycles. The maximum atomic E-state index is 11.9. The zero-order valence-corrected chi connectivity index (χ0v) is 31.2.